The minimum Gasteiger partial charge on any atom is -0.381 e. The molecule has 1 saturated carbocycles. The highest BCUT2D eigenvalue weighted by Crippen LogP contribution is 2.20. The summed E-state index contributed by atoms with van der Waals surface area (Å²) in [4.78, 5) is 12.8. The van der Waals surface area contributed by atoms with E-state index in [1.54, 1.807) is 26.1 Å². The molecule has 0 radical (unpaired) electrons. The Hall–Kier alpha value is -0.810. The van der Waals surface area contributed by atoms with Crippen molar-refractivity contribution in [2.24, 2.45) is 0 Å². The molecule has 0 aromatic carbocycles. The number of urea groups is 1. The van der Waals surface area contributed by atoms with Crippen LogP contribution in [0.5, 0.6) is 0 Å². The molecule has 0 aromatic rings. The van der Waals surface area contributed by atoms with E-state index in [9.17, 15) is 4.79 Å². The standard InChI is InChI=1S/C12H25N3O2/c1-15(2)12(16)14-8-7-13-10-5-4-6-11(9-10)17-3/h10-11,13H,4-9H2,1-3H3,(H,14,16). The van der Waals surface area contributed by atoms with Gasteiger partial charge >= 0.3 is 6.03 Å². The third-order valence-electron chi connectivity index (χ3n) is 3.20. The smallest absolute Gasteiger partial charge is 0.316 e. The van der Waals surface area contributed by atoms with Gasteiger partial charge in [0.2, 0.25) is 0 Å². The number of nitrogens with one attached hydrogen (secondary N) is 2. The quantitative estimate of drug-likeness (QED) is 0.702. The Bertz CT molecular complexity index is 234. The number of nitrogens with zero attached hydrogens (tertiary/aromatic N) is 1. The molecule has 100 valence electrons. The van der Waals surface area contributed by atoms with Crippen LogP contribution in [0.3, 0.4) is 0 Å². The van der Waals surface area contributed by atoms with Gasteiger partial charge in [-0.1, -0.05) is 0 Å². The molecule has 1 aliphatic rings. The third kappa shape index (κ3) is 5.37. The molecule has 5 heteroatoms. The monoisotopic (exact) mass is 243 g/mol. The summed E-state index contributed by atoms with van der Waals surface area (Å²) in [6, 6.07) is 0.496. The second-order valence-electron chi connectivity index (χ2n) is 4.80. The van der Waals surface area contributed by atoms with Gasteiger partial charge in [0.25, 0.3) is 0 Å². The van der Waals surface area contributed by atoms with Crippen LogP contribution in [-0.4, -0.2) is 57.4 Å². The number of ether oxygens (including phenoxy) is 1. The number of hydrogen-bond donors (Lipinski definition) is 2. The van der Waals surface area contributed by atoms with Crippen LogP contribution in [0.25, 0.3) is 0 Å². The van der Waals surface area contributed by atoms with Crippen molar-refractivity contribution < 1.29 is 9.53 Å². The zero-order chi connectivity index (χ0) is 12.7. The Kier molecular flexibility index (Phi) is 6.29. The second kappa shape index (κ2) is 7.50. The molecule has 1 rings (SSSR count). The Morgan fingerprint density at radius 1 is 1.35 bits per heavy atom. The highest BCUT2D eigenvalue weighted by molar-refractivity contribution is 5.73. The summed E-state index contributed by atoms with van der Waals surface area (Å²) in [5.41, 5.74) is 0. The van der Waals surface area contributed by atoms with E-state index in [1.807, 2.05) is 0 Å². The van der Waals surface area contributed by atoms with Gasteiger partial charge in [0.15, 0.2) is 0 Å². The van der Waals surface area contributed by atoms with Crippen LogP contribution in [0.2, 0.25) is 0 Å². The second-order valence-corrected chi connectivity index (χ2v) is 4.80. The molecule has 1 fully saturated rings. The molecule has 2 atom stereocenters. The number of carbonyl (C=O) groups excluding carboxylic acids is 1. The van der Waals surface area contributed by atoms with Gasteiger partial charge in [-0.15, -0.1) is 0 Å². The molecule has 5 nitrogen and oxygen atoms in total. The maximum Gasteiger partial charge on any atom is 0.316 e. The van der Waals surface area contributed by atoms with Crippen LogP contribution in [0, 0.1) is 0 Å². The van der Waals surface area contributed by atoms with Crippen LogP contribution in [0.15, 0.2) is 0 Å². The molecule has 2 unspecified atom stereocenters. The van der Waals surface area contributed by atoms with Crippen LogP contribution in [-0.2, 0) is 4.74 Å². The van der Waals surface area contributed by atoms with Crippen LogP contribution in [0.1, 0.15) is 25.7 Å². The number of hydrogen-bond acceptors (Lipinski definition) is 3. The van der Waals surface area contributed by atoms with Gasteiger partial charge in [-0.2, -0.15) is 0 Å². The Labute approximate surface area is 104 Å². The van der Waals surface area contributed by atoms with Crippen molar-refractivity contribution in [1.29, 1.82) is 0 Å². The van der Waals surface area contributed by atoms with Gasteiger partial charge in [0.05, 0.1) is 6.10 Å². The Balaban J connectivity index is 2.08. The van der Waals surface area contributed by atoms with E-state index in [4.69, 9.17) is 4.74 Å². The van der Waals surface area contributed by atoms with Crippen molar-refractivity contribution in [3.8, 4) is 0 Å². The molecule has 0 aliphatic heterocycles. The van der Waals surface area contributed by atoms with Crippen LogP contribution >= 0.6 is 0 Å². The van der Waals surface area contributed by atoms with E-state index in [1.165, 1.54) is 19.3 Å². The first-order valence-electron chi connectivity index (χ1n) is 6.34. The van der Waals surface area contributed by atoms with Crippen LogP contribution in [0.4, 0.5) is 4.79 Å². The van der Waals surface area contributed by atoms with Gasteiger partial charge in [-0.25, -0.2) is 4.79 Å². The van der Waals surface area contributed by atoms with E-state index >= 15 is 0 Å². The Morgan fingerprint density at radius 2 is 2.12 bits per heavy atom. The number of amides is 2. The van der Waals surface area contributed by atoms with E-state index in [2.05, 4.69) is 10.6 Å². The summed E-state index contributed by atoms with van der Waals surface area (Å²) >= 11 is 0. The first kappa shape index (κ1) is 14.3. The zero-order valence-corrected chi connectivity index (χ0v) is 11.2. The van der Waals surface area contributed by atoms with Gasteiger partial charge in [-0.3, -0.25) is 0 Å². The van der Waals surface area contributed by atoms with E-state index < -0.39 is 0 Å². The highest BCUT2D eigenvalue weighted by Gasteiger charge is 2.20. The molecule has 2 amide bonds. The van der Waals surface area contributed by atoms with Crippen molar-refractivity contribution in [3.63, 3.8) is 0 Å². The summed E-state index contributed by atoms with van der Waals surface area (Å²) in [5, 5.41) is 6.31. The molecule has 0 saturated heterocycles. The van der Waals surface area contributed by atoms with Crippen molar-refractivity contribution in [3.05, 3.63) is 0 Å². The summed E-state index contributed by atoms with van der Waals surface area (Å²) in [5.74, 6) is 0. The number of methoxy groups -OCH3 is 1. The van der Waals surface area contributed by atoms with Gasteiger partial charge in [-0.05, 0) is 25.7 Å². The fourth-order valence-corrected chi connectivity index (χ4v) is 2.15. The van der Waals surface area contributed by atoms with Crippen molar-refractivity contribution >= 4 is 6.03 Å². The molecule has 0 heterocycles. The largest absolute Gasteiger partial charge is 0.381 e. The fraction of sp³-hybridized carbons (Fsp3) is 0.917. The SMILES string of the molecule is COC1CCCC(NCCNC(=O)N(C)C)C1. The van der Waals surface area contributed by atoms with Crippen molar-refractivity contribution in [1.82, 2.24) is 15.5 Å². The summed E-state index contributed by atoms with van der Waals surface area (Å²) in [6.45, 7) is 1.49. The lowest BCUT2D eigenvalue weighted by Gasteiger charge is -2.29. The first-order valence-corrected chi connectivity index (χ1v) is 6.34. The fourth-order valence-electron chi connectivity index (χ4n) is 2.15. The normalized spacial score (nSPS) is 24.4. The molecule has 2 N–H and O–H groups in total. The predicted molar refractivity (Wildman–Crippen MR) is 68.1 cm³/mol. The maximum atomic E-state index is 11.3. The summed E-state index contributed by atoms with van der Waals surface area (Å²) in [7, 11) is 5.27. The number of rotatable bonds is 5. The maximum absolute atomic E-state index is 11.3. The van der Waals surface area contributed by atoms with Crippen LogP contribution < -0.4 is 10.6 Å². The summed E-state index contributed by atoms with van der Waals surface area (Å²) < 4.78 is 5.38. The first-order chi connectivity index (χ1) is 8.13. The minimum atomic E-state index is -0.0368. The van der Waals surface area contributed by atoms with Gasteiger partial charge in [0.1, 0.15) is 0 Å². The molecule has 17 heavy (non-hydrogen) atoms. The van der Waals surface area contributed by atoms with Crippen molar-refractivity contribution in [2.75, 3.05) is 34.3 Å². The lowest BCUT2D eigenvalue weighted by atomic mass is 9.93. The lowest BCUT2D eigenvalue weighted by Crippen LogP contribution is -2.42. The summed E-state index contributed by atoms with van der Waals surface area (Å²) in [6.07, 6.45) is 5.09. The molecule has 1 aliphatic carbocycles. The highest BCUT2D eigenvalue weighted by atomic mass is 16.5. The minimum absolute atomic E-state index is 0.0368. The Morgan fingerprint density at radius 3 is 2.76 bits per heavy atom. The average molecular weight is 243 g/mol. The van der Waals surface area contributed by atoms with Gasteiger partial charge < -0.3 is 20.3 Å². The molecule has 0 spiro atoms. The molecular weight excluding hydrogens is 218 g/mol. The van der Waals surface area contributed by atoms with E-state index in [0.717, 1.165) is 13.0 Å². The molecule has 0 bridgehead atoms. The van der Waals surface area contributed by atoms with E-state index in [0.29, 0.717) is 18.7 Å². The zero-order valence-electron chi connectivity index (χ0n) is 11.2. The molecule has 0 aromatic heterocycles. The third-order valence-corrected chi connectivity index (χ3v) is 3.20. The van der Waals surface area contributed by atoms with Crippen molar-refractivity contribution in [2.45, 2.75) is 37.8 Å². The number of carbonyl (C=O) groups is 1. The molecular formula is C12H25N3O2. The average Bonchev–Trinajstić information content (AvgIpc) is 2.34. The predicted octanol–water partition coefficient (Wildman–Crippen LogP) is 0.805. The topological polar surface area (TPSA) is 53.6 Å². The lowest BCUT2D eigenvalue weighted by molar-refractivity contribution is 0.0590. The van der Waals surface area contributed by atoms with E-state index in [-0.39, 0.29) is 6.03 Å². The van der Waals surface area contributed by atoms with Gasteiger partial charge in [0, 0.05) is 40.3 Å².